The molecule has 0 aromatic carbocycles. The fourth-order valence-electron chi connectivity index (χ4n) is 5.18. The summed E-state index contributed by atoms with van der Waals surface area (Å²) in [6, 6.07) is 0. The molecular weight excluding hydrogens is 224 g/mol. The highest BCUT2D eigenvalue weighted by Crippen LogP contribution is 2.58. The summed E-state index contributed by atoms with van der Waals surface area (Å²) in [4.78, 5) is 12.4. The minimum atomic E-state index is -0.0853. The molecule has 0 aromatic heterocycles. The van der Waals surface area contributed by atoms with E-state index >= 15 is 0 Å². The first-order chi connectivity index (χ1) is 8.52. The van der Waals surface area contributed by atoms with Crippen molar-refractivity contribution in [2.45, 2.75) is 64.9 Å². The average molecular weight is 250 g/mol. The van der Waals surface area contributed by atoms with Crippen molar-refractivity contribution in [1.82, 2.24) is 0 Å². The van der Waals surface area contributed by atoms with Crippen LogP contribution in [0.5, 0.6) is 0 Å². The quantitative estimate of drug-likeness (QED) is 0.717. The maximum Gasteiger partial charge on any atom is 0.139 e. The van der Waals surface area contributed by atoms with Gasteiger partial charge in [-0.3, -0.25) is 4.79 Å². The standard InChI is InChI=1S/C16H26O2/c1-10-3-6-14-13(15(10)18)5-4-11-9-12(17)7-8-16(11,14)2/h10-14,17H,3-9H2,1-2H3/t10-,11-,12+,13+,14-,16-/m1/s1. The molecule has 0 bridgehead atoms. The summed E-state index contributed by atoms with van der Waals surface area (Å²) in [6.45, 7) is 4.52. The van der Waals surface area contributed by atoms with Crippen LogP contribution in [-0.2, 0) is 4.79 Å². The number of hydrogen-bond donors (Lipinski definition) is 1. The molecule has 6 atom stereocenters. The Kier molecular flexibility index (Phi) is 3.04. The number of ketones is 1. The Labute approximate surface area is 110 Å². The summed E-state index contributed by atoms with van der Waals surface area (Å²) >= 11 is 0. The maximum atomic E-state index is 12.4. The van der Waals surface area contributed by atoms with Gasteiger partial charge in [-0.1, -0.05) is 13.8 Å². The van der Waals surface area contributed by atoms with Crippen LogP contribution in [-0.4, -0.2) is 17.0 Å². The van der Waals surface area contributed by atoms with E-state index in [9.17, 15) is 9.90 Å². The summed E-state index contributed by atoms with van der Waals surface area (Å²) in [5, 5.41) is 9.89. The molecule has 3 fully saturated rings. The Morgan fingerprint density at radius 3 is 2.72 bits per heavy atom. The molecule has 0 aromatic rings. The molecule has 0 amide bonds. The zero-order valence-electron chi connectivity index (χ0n) is 11.7. The van der Waals surface area contributed by atoms with Crippen LogP contribution in [0, 0.1) is 29.1 Å². The van der Waals surface area contributed by atoms with Gasteiger partial charge < -0.3 is 5.11 Å². The molecular formula is C16H26O2. The molecule has 2 nitrogen and oxygen atoms in total. The third-order valence-corrected chi connectivity index (χ3v) is 6.43. The van der Waals surface area contributed by atoms with Crippen molar-refractivity contribution in [3.63, 3.8) is 0 Å². The first kappa shape index (κ1) is 12.7. The van der Waals surface area contributed by atoms with E-state index in [-0.39, 0.29) is 6.10 Å². The second-order valence-electron chi connectivity index (χ2n) is 7.30. The molecule has 3 saturated carbocycles. The molecule has 2 heteroatoms. The Hall–Kier alpha value is -0.370. The van der Waals surface area contributed by atoms with Gasteiger partial charge in [-0.15, -0.1) is 0 Å². The van der Waals surface area contributed by atoms with Gasteiger partial charge in [-0.25, -0.2) is 0 Å². The van der Waals surface area contributed by atoms with Gasteiger partial charge in [0, 0.05) is 11.8 Å². The van der Waals surface area contributed by atoms with Gasteiger partial charge >= 0.3 is 0 Å². The fraction of sp³-hybridized carbons (Fsp3) is 0.938. The van der Waals surface area contributed by atoms with E-state index in [1.54, 1.807) is 0 Å². The Bertz CT molecular complexity index is 351. The van der Waals surface area contributed by atoms with Gasteiger partial charge in [0.1, 0.15) is 5.78 Å². The lowest BCUT2D eigenvalue weighted by Crippen LogP contribution is -2.52. The monoisotopic (exact) mass is 250 g/mol. The SMILES string of the molecule is C[C@@H]1CC[C@@H]2[C@H](CC[C@@H]3C[C@@H](O)CC[C@]32C)C1=O. The predicted octanol–water partition coefficient (Wildman–Crippen LogP) is 3.18. The smallest absolute Gasteiger partial charge is 0.139 e. The highest BCUT2D eigenvalue weighted by molar-refractivity contribution is 5.84. The number of fused-ring (bicyclic) bond motifs is 3. The number of hydrogen-bond acceptors (Lipinski definition) is 2. The number of rotatable bonds is 0. The zero-order chi connectivity index (χ0) is 12.9. The van der Waals surface area contributed by atoms with Crippen molar-refractivity contribution in [1.29, 1.82) is 0 Å². The van der Waals surface area contributed by atoms with Crippen molar-refractivity contribution < 1.29 is 9.90 Å². The lowest BCUT2D eigenvalue weighted by atomic mass is 9.48. The highest BCUT2D eigenvalue weighted by Gasteiger charge is 2.53. The first-order valence-corrected chi connectivity index (χ1v) is 7.74. The van der Waals surface area contributed by atoms with Crippen molar-refractivity contribution in [3.8, 4) is 0 Å². The van der Waals surface area contributed by atoms with Crippen molar-refractivity contribution >= 4 is 5.78 Å². The van der Waals surface area contributed by atoms with Crippen LogP contribution in [0.2, 0.25) is 0 Å². The summed E-state index contributed by atoms with van der Waals surface area (Å²) in [7, 11) is 0. The fourth-order valence-corrected chi connectivity index (χ4v) is 5.18. The Morgan fingerprint density at radius 1 is 1.17 bits per heavy atom. The van der Waals surface area contributed by atoms with E-state index in [0.29, 0.717) is 34.9 Å². The summed E-state index contributed by atoms with van der Waals surface area (Å²) in [5.41, 5.74) is 0.331. The third kappa shape index (κ3) is 1.76. The Morgan fingerprint density at radius 2 is 1.94 bits per heavy atom. The number of carbonyl (C=O) groups excluding carboxylic acids is 1. The average Bonchev–Trinajstić information content (AvgIpc) is 2.34. The van der Waals surface area contributed by atoms with Crippen LogP contribution in [0.15, 0.2) is 0 Å². The minimum absolute atomic E-state index is 0.0853. The summed E-state index contributed by atoms with van der Waals surface area (Å²) < 4.78 is 0. The molecule has 0 spiro atoms. The maximum absolute atomic E-state index is 12.4. The molecule has 3 aliphatic carbocycles. The van der Waals surface area contributed by atoms with Gasteiger partial charge in [0.25, 0.3) is 0 Å². The lowest BCUT2D eigenvalue weighted by Gasteiger charge is -2.56. The van der Waals surface area contributed by atoms with Gasteiger partial charge in [0.2, 0.25) is 0 Å². The van der Waals surface area contributed by atoms with Crippen LogP contribution < -0.4 is 0 Å². The Balaban J connectivity index is 1.86. The second-order valence-corrected chi connectivity index (χ2v) is 7.30. The number of aliphatic hydroxyl groups excluding tert-OH is 1. The molecule has 0 unspecified atom stereocenters. The van der Waals surface area contributed by atoms with E-state index in [1.807, 2.05) is 0 Å². The number of carbonyl (C=O) groups is 1. The number of Topliss-reactive ketones (excluding diaryl/α,β-unsaturated/α-hetero) is 1. The van der Waals surface area contributed by atoms with Crippen LogP contribution in [0.3, 0.4) is 0 Å². The van der Waals surface area contributed by atoms with E-state index in [2.05, 4.69) is 13.8 Å². The zero-order valence-corrected chi connectivity index (χ0v) is 11.7. The predicted molar refractivity (Wildman–Crippen MR) is 71.1 cm³/mol. The molecule has 1 N–H and O–H groups in total. The number of aliphatic hydroxyl groups is 1. The largest absolute Gasteiger partial charge is 0.393 e. The van der Waals surface area contributed by atoms with E-state index in [4.69, 9.17) is 0 Å². The van der Waals surface area contributed by atoms with Crippen LogP contribution >= 0.6 is 0 Å². The van der Waals surface area contributed by atoms with Crippen molar-refractivity contribution in [3.05, 3.63) is 0 Å². The minimum Gasteiger partial charge on any atom is -0.393 e. The molecule has 0 aliphatic heterocycles. The summed E-state index contributed by atoms with van der Waals surface area (Å²) in [6.07, 6.45) is 7.53. The molecule has 3 aliphatic rings. The van der Waals surface area contributed by atoms with Crippen molar-refractivity contribution in [2.75, 3.05) is 0 Å². The molecule has 0 heterocycles. The molecule has 3 rings (SSSR count). The second kappa shape index (κ2) is 4.33. The molecule has 102 valence electrons. The van der Waals surface area contributed by atoms with E-state index < -0.39 is 0 Å². The molecule has 18 heavy (non-hydrogen) atoms. The molecule has 0 saturated heterocycles. The van der Waals surface area contributed by atoms with Crippen molar-refractivity contribution in [2.24, 2.45) is 29.1 Å². The van der Waals surface area contributed by atoms with Crippen LogP contribution in [0.1, 0.15) is 58.8 Å². The topological polar surface area (TPSA) is 37.3 Å². The van der Waals surface area contributed by atoms with E-state index in [0.717, 1.165) is 38.5 Å². The summed E-state index contributed by atoms with van der Waals surface area (Å²) in [5.74, 6) is 2.43. The van der Waals surface area contributed by atoms with Gasteiger partial charge in [-0.05, 0) is 62.2 Å². The van der Waals surface area contributed by atoms with Gasteiger partial charge in [0.15, 0.2) is 0 Å². The highest BCUT2D eigenvalue weighted by atomic mass is 16.3. The molecule has 0 radical (unpaired) electrons. The van der Waals surface area contributed by atoms with Gasteiger partial charge in [0.05, 0.1) is 6.10 Å². The lowest BCUT2D eigenvalue weighted by molar-refractivity contribution is -0.144. The van der Waals surface area contributed by atoms with Crippen LogP contribution in [0.4, 0.5) is 0 Å². The van der Waals surface area contributed by atoms with E-state index in [1.165, 1.54) is 6.42 Å². The first-order valence-electron chi connectivity index (χ1n) is 7.74. The van der Waals surface area contributed by atoms with Crippen LogP contribution in [0.25, 0.3) is 0 Å². The van der Waals surface area contributed by atoms with Gasteiger partial charge in [-0.2, -0.15) is 0 Å². The third-order valence-electron chi connectivity index (χ3n) is 6.43. The normalized spacial score (nSPS) is 52.6.